The minimum atomic E-state index is 0.270. The zero-order chi connectivity index (χ0) is 8.48. The fourth-order valence-corrected chi connectivity index (χ4v) is 2.05. The van der Waals surface area contributed by atoms with Crippen LogP contribution in [-0.4, -0.2) is 19.8 Å². The fraction of sp³-hybridized carbons (Fsp3) is 1.00. The summed E-state index contributed by atoms with van der Waals surface area (Å²) in [4.78, 5) is 0. The molecule has 2 N–H and O–H groups in total. The van der Waals surface area contributed by atoms with Gasteiger partial charge in [0.05, 0.1) is 6.61 Å². The van der Waals surface area contributed by atoms with E-state index in [1.54, 1.807) is 0 Å². The third-order valence-electron chi connectivity index (χ3n) is 2.80. The van der Waals surface area contributed by atoms with Crippen molar-refractivity contribution in [3.05, 3.63) is 0 Å². The van der Waals surface area contributed by atoms with Gasteiger partial charge in [0, 0.05) is 6.61 Å². The Balaban J connectivity index is 2.64. The molecule has 2 atom stereocenters. The van der Waals surface area contributed by atoms with E-state index in [-0.39, 0.29) is 5.41 Å². The van der Waals surface area contributed by atoms with Crippen LogP contribution in [0.5, 0.6) is 0 Å². The summed E-state index contributed by atoms with van der Waals surface area (Å²) in [5.41, 5.74) is 5.98. The molecule has 0 bridgehead atoms. The predicted octanol–water partition coefficient (Wildman–Crippen LogP) is 1.25. The predicted molar refractivity (Wildman–Crippen MR) is 46.3 cm³/mol. The Kier molecular flexibility index (Phi) is 2.55. The lowest BCUT2D eigenvalue weighted by Gasteiger charge is -2.41. The second-order valence-corrected chi connectivity index (χ2v) is 4.32. The van der Waals surface area contributed by atoms with Crippen LogP contribution < -0.4 is 5.73 Å². The van der Waals surface area contributed by atoms with Crippen LogP contribution in [0.2, 0.25) is 0 Å². The maximum atomic E-state index is 5.71. The Labute approximate surface area is 69.1 Å². The van der Waals surface area contributed by atoms with Gasteiger partial charge in [-0.1, -0.05) is 20.8 Å². The van der Waals surface area contributed by atoms with Crippen LogP contribution in [0.25, 0.3) is 0 Å². The Morgan fingerprint density at radius 3 is 2.55 bits per heavy atom. The first kappa shape index (κ1) is 9.01. The van der Waals surface area contributed by atoms with E-state index in [0.29, 0.717) is 11.8 Å². The second kappa shape index (κ2) is 3.11. The maximum Gasteiger partial charge on any atom is 0.0520 e. The topological polar surface area (TPSA) is 35.2 Å². The van der Waals surface area contributed by atoms with E-state index in [0.717, 1.165) is 19.8 Å². The molecule has 0 saturated carbocycles. The average Bonchev–Trinajstić information content (AvgIpc) is 1.86. The highest BCUT2D eigenvalue weighted by molar-refractivity contribution is 4.85. The molecule has 1 aliphatic heterocycles. The third-order valence-corrected chi connectivity index (χ3v) is 2.80. The molecule has 2 unspecified atom stereocenters. The Morgan fingerprint density at radius 1 is 1.55 bits per heavy atom. The molecular formula is C9H19NO. The molecule has 2 heteroatoms. The summed E-state index contributed by atoms with van der Waals surface area (Å²) in [5.74, 6) is 1.24. The Bertz CT molecular complexity index is 134. The van der Waals surface area contributed by atoms with Crippen molar-refractivity contribution in [3.8, 4) is 0 Å². The zero-order valence-corrected chi connectivity index (χ0v) is 7.76. The van der Waals surface area contributed by atoms with Crippen molar-refractivity contribution in [3.63, 3.8) is 0 Å². The molecule has 2 nitrogen and oxygen atoms in total. The maximum absolute atomic E-state index is 5.71. The summed E-state index contributed by atoms with van der Waals surface area (Å²) in [6.45, 7) is 9.22. The highest BCUT2D eigenvalue weighted by Gasteiger charge is 2.36. The van der Waals surface area contributed by atoms with Gasteiger partial charge in [-0.25, -0.2) is 0 Å². The number of hydrogen-bond acceptors (Lipinski definition) is 2. The number of hydrogen-bond donors (Lipinski definition) is 1. The van der Waals surface area contributed by atoms with Crippen molar-refractivity contribution in [2.24, 2.45) is 23.0 Å². The summed E-state index contributed by atoms with van der Waals surface area (Å²) >= 11 is 0. The number of ether oxygens (including phenoxy) is 1. The first-order valence-electron chi connectivity index (χ1n) is 4.36. The van der Waals surface area contributed by atoms with Crippen LogP contribution >= 0.6 is 0 Å². The van der Waals surface area contributed by atoms with E-state index in [4.69, 9.17) is 10.5 Å². The lowest BCUT2D eigenvalue weighted by atomic mass is 9.71. The first-order valence-corrected chi connectivity index (χ1v) is 4.36. The van der Waals surface area contributed by atoms with Gasteiger partial charge in [0.25, 0.3) is 0 Å². The standard InChI is InChI=1S/C9H19NO/c1-7-5-11-6-9(2,3)8(7)4-10/h7-8H,4-6,10H2,1-3H3. The van der Waals surface area contributed by atoms with Crippen molar-refractivity contribution in [1.82, 2.24) is 0 Å². The van der Waals surface area contributed by atoms with Crippen molar-refractivity contribution < 1.29 is 4.74 Å². The zero-order valence-electron chi connectivity index (χ0n) is 7.76. The second-order valence-electron chi connectivity index (χ2n) is 4.32. The van der Waals surface area contributed by atoms with Crippen molar-refractivity contribution in [1.29, 1.82) is 0 Å². The molecule has 1 aliphatic rings. The molecule has 0 radical (unpaired) electrons. The van der Waals surface area contributed by atoms with Gasteiger partial charge < -0.3 is 10.5 Å². The minimum absolute atomic E-state index is 0.270. The summed E-state index contributed by atoms with van der Waals surface area (Å²) in [5, 5.41) is 0. The van der Waals surface area contributed by atoms with E-state index in [1.807, 2.05) is 0 Å². The van der Waals surface area contributed by atoms with E-state index in [1.165, 1.54) is 0 Å². The molecule has 1 saturated heterocycles. The van der Waals surface area contributed by atoms with Crippen molar-refractivity contribution in [2.45, 2.75) is 20.8 Å². The molecule has 1 rings (SSSR count). The third kappa shape index (κ3) is 1.74. The van der Waals surface area contributed by atoms with Gasteiger partial charge in [-0.05, 0) is 23.8 Å². The summed E-state index contributed by atoms with van der Waals surface area (Å²) in [6, 6.07) is 0. The van der Waals surface area contributed by atoms with Crippen LogP contribution in [0, 0.1) is 17.3 Å². The minimum Gasteiger partial charge on any atom is -0.381 e. The van der Waals surface area contributed by atoms with Gasteiger partial charge in [-0.15, -0.1) is 0 Å². The van der Waals surface area contributed by atoms with Gasteiger partial charge in [-0.2, -0.15) is 0 Å². The van der Waals surface area contributed by atoms with Gasteiger partial charge in [-0.3, -0.25) is 0 Å². The van der Waals surface area contributed by atoms with Gasteiger partial charge in [0.15, 0.2) is 0 Å². The van der Waals surface area contributed by atoms with Gasteiger partial charge >= 0.3 is 0 Å². The number of nitrogens with two attached hydrogens (primary N) is 1. The Hall–Kier alpha value is -0.0800. The molecule has 1 fully saturated rings. The smallest absolute Gasteiger partial charge is 0.0520 e. The SMILES string of the molecule is CC1COCC(C)(C)C1CN. The van der Waals surface area contributed by atoms with Crippen LogP contribution in [0.3, 0.4) is 0 Å². The monoisotopic (exact) mass is 157 g/mol. The van der Waals surface area contributed by atoms with Gasteiger partial charge in [0.1, 0.15) is 0 Å². The number of rotatable bonds is 1. The molecule has 66 valence electrons. The molecule has 1 heterocycles. The van der Waals surface area contributed by atoms with Crippen LogP contribution in [0.1, 0.15) is 20.8 Å². The molecule has 11 heavy (non-hydrogen) atoms. The average molecular weight is 157 g/mol. The summed E-state index contributed by atoms with van der Waals surface area (Å²) < 4.78 is 5.47. The largest absolute Gasteiger partial charge is 0.381 e. The summed E-state index contributed by atoms with van der Waals surface area (Å²) in [7, 11) is 0. The lowest BCUT2D eigenvalue weighted by Crippen LogP contribution is -2.44. The highest BCUT2D eigenvalue weighted by Crippen LogP contribution is 2.35. The quantitative estimate of drug-likeness (QED) is 0.622. The molecule has 0 aromatic carbocycles. The van der Waals surface area contributed by atoms with Crippen LogP contribution in [0.15, 0.2) is 0 Å². The van der Waals surface area contributed by atoms with Crippen LogP contribution in [-0.2, 0) is 4.74 Å². The van der Waals surface area contributed by atoms with E-state index in [9.17, 15) is 0 Å². The van der Waals surface area contributed by atoms with Gasteiger partial charge in [0.2, 0.25) is 0 Å². The van der Waals surface area contributed by atoms with E-state index < -0.39 is 0 Å². The normalized spacial score (nSPS) is 37.1. The first-order chi connectivity index (χ1) is 5.08. The van der Waals surface area contributed by atoms with Crippen molar-refractivity contribution in [2.75, 3.05) is 19.8 Å². The molecule has 0 aromatic rings. The molecule has 0 amide bonds. The molecular weight excluding hydrogens is 138 g/mol. The molecule has 0 aliphatic carbocycles. The Morgan fingerprint density at radius 2 is 2.18 bits per heavy atom. The highest BCUT2D eigenvalue weighted by atomic mass is 16.5. The summed E-state index contributed by atoms with van der Waals surface area (Å²) in [6.07, 6.45) is 0. The molecule has 0 spiro atoms. The van der Waals surface area contributed by atoms with E-state index in [2.05, 4.69) is 20.8 Å². The lowest BCUT2D eigenvalue weighted by molar-refractivity contribution is -0.0637. The van der Waals surface area contributed by atoms with Crippen molar-refractivity contribution >= 4 is 0 Å². The fourth-order valence-electron chi connectivity index (χ4n) is 2.05. The molecule has 0 aromatic heterocycles. The van der Waals surface area contributed by atoms with E-state index >= 15 is 0 Å². The van der Waals surface area contributed by atoms with Crippen LogP contribution in [0.4, 0.5) is 0 Å².